The summed E-state index contributed by atoms with van der Waals surface area (Å²) in [7, 11) is -3.29. The van der Waals surface area contributed by atoms with Crippen LogP contribution in [-0.2, 0) is 10.0 Å². The Labute approximate surface area is 136 Å². The van der Waals surface area contributed by atoms with Crippen LogP contribution < -0.4 is 5.32 Å². The summed E-state index contributed by atoms with van der Waals surface area (Å²) < 4.78 is 26.1. The van der Waals surface area contributed by atoms with Crippen LogP contribution in [0.15, 0.2) is 24.3 Å². The molecule has 1 N–H and O–H groups in total. The van der Waals surface area contributed by atoms with Crippen LogP contribution in [0.1, 0.15) is 36.0 Å². The molecule has 0 unspecified atom stereocenters. The fourth-order valence-corrected chi connectivity index (χ4v) is 4.00. The molecule has 1 amide bonds. The van der Waals surface area contributed by atoms with Crippen molar-refractivity contribution in [3.8, 4) is 0 Å². The van der Waals surface area contributed by atoms with Gasteiger partial charge in [0, 0.05) is 30.2 Å². The molecule has 1 aliphatic heterocycles. The molecule has 0 aliphatic carbocycles. The maximum absolute atomic E-state index is 12.3. The van der Waals surface area contributed by atoms with Crippen LogP contribution in [0, 0.1) is 0 Å². The monoisotopic (exact) mass is 344 g/mol. The number of carbonyl (C=O) groups is 1. The third kappa shape index (κ3) is 4.97. The fourth-order valence-electron chi connectivity index (χ4n) is 2.45. The maximum atomic E-state index is 12.3. The number of nitrogens with zero attached hydrogens (tertiary/aromatic N) is 1. The summed E-state index contributed by atoms with van der Waals surface area (Å²) in [6.07, 6.45) is 3.99. The Hall–Kier alpha value is -1.11. The first kappa shape index (κ1) is 17.2. The highest BCUT2D eigenvalue weighted by molar-refractivity contribution is 7.89. The van der Waals surface area contributed by atoms with Crippen molar-refractivity contribution >= 4 is 27.5 Å². The number of rotatable bonds is 5. The standard InChI is InChI=1S/C15H21ClN2O3S/c16-14-7-5-13(6-8-14)15(19)17-9-12-22(20,21)18-10-3-1-2-4-11-18/h5-8H,1-4,9-12H2,(H,17,19). The van der Waals surface area contributed by atoms with Crippen LogP contribution in [0.25, 0.3) is 0 Å². The zero-order valence-electron chi connectivity index (χ0n) is 12.4. The Balaban J connectivity index is 1.84. The summed E-state index contributed by atoms with van der Waals surface area (Å²) in [5.41, 5.74) is 0.469. The van der Waals surface area contributed by atoms with Gasteiger partial charge in [-0.15, -0.1) is 0 Å². The molecular formula is C15H21ClN2O3S. The zero-order chi connectivity index (χ0) is 16.0. The molecule has 0 aromatic heterocycles. The first-order valence-electron chi connectivity index (χ1n) is 7.51. The van der Waals surface area contributed by atoms with E-state index in [0.29, 0.717) is 23.7 Å². The molecule has 7 heteroatoms. The number of sulfonamides is 1. The Morgan fingerprint density at radius 2 is 1.68 bits per heavy atom. The predicted molar refractivity (Wildman–Crippen MR) is 87.6 cm³/mol. The van der Waals surface area contributed by atoms with Crippen molar-refractivity contribution in [1.82, 2.24) is 9.62 Å². The minimum atomic E-state index is -3.29. The smallest absolute Gasteiger partial charge is 0.251 e. The lowest BCUT2D eigenvalue weighted by molar-refractivity contribution is 0.0956. The summed E-state index contributed by atoms with van der Waals surface area (Å²) in [5, 5.41) is 3.20. The molecule has 1 aromatic rings. The second-order valence-electron chi connectivity index (χ2n) is 5.39. The number of hydrogen-bond acceptors (Lipinski definition) is 3. The third-order valence-electron chi connectivity index (χ3n) is 3.71. The number of halogens is 1. The van der Waals surface area contributed by atoms with Gasteiger partial charge in [-0.1, -0.05) is 24.4 Å². The summed E-state index contributed by atoms with van der Waals surface area (Å²) >= 11 is 5.76. The third-order valence-corrected chi connectivity index (χ3v) is 5.83. The normalized spacial score (nSPS) is 17.0. The topological polar surface area (TPSA) is 66.5 Å². The van der Waals surface area contributed by atoms with Crippen LogP contribution >= 0.6 is 11.6 Å². The minimum absolute atomic E-state index is 0.0632. The first-order chi connectivity index (χ1) is 10.5. The quantitative estimate of drug-likeness (QED) is 0.891. The number of carbonyl (C=O) groups excluding carboxylic acids is 1. The van der Waals surface area contributed by atoms with E-state index in [2.05, 4.69) is 5.32 Å². The minimum Gasteiger partial charge on any atom is -0.351 e. The van der Waals surface area contributed by atoms with Crippen molar-refractivity contribution in [1.29, 1.82) is 0 Å². The predicted octanol–water partition coefficient (Wildman–Crippen LogP) is 2.28. The Morgan fingerprint density at radius 1 is 1.09 bits per heavy atom. The molecule has 1 heterocycles. The Bertz CT molecular complexity index is 594. The van der Waals surface area contributed by atoms with Crippen molar-refractivity contribution in [3.05, 3.63) is 34.9 Å². The van der Waals surface area contributed by atoms with Gasteiger partial charge in [0.1, 0.15) is 0 Å². The highest BCUT2D eigenvalue weighted by Crippen LogP contribution is 2.13. The van der Waals surface area contributed by atoms with Crippen LogP contribution in [0.3, 0.4) is 0 Å². The van der Waals surface area contributed by atoms with Gasteiger partial charge in [0.2, 0.25) is 10.0 Å². The van der Waals surface area contributed by atoms with E-state index in [1.54, 1.807) is 28.6 Å². The summed E-state index contributed by atoms with van der Waals surface area (Å²) in [5.74, 6) is -0.352. The highest BCUT2D eigenvalue weighted by Gasteiger charge is 2.22. The molecular weight excluding hydrogens is 324 g/mol. The van der Waals surface area contributed by atoms with Crippen molar-refractivity contribution in [3.63, 3.8) is 0 Å². The van der Waals surface area contributed by atoms with E-state index < -0.39 is 10.0 Å². The Kier molecular flexibility index (Phi) is 6.23. The van der Waals surface area contributed by atoms with Crippen molar-refractivity contribution in [2.45, 2.75) is 25.7 Å². The van der Waals surface area contributed by atoms with Gasteiger partial charge in [-0.05, 0) is 37.1 Å². The molecule has 1 saturated heterocycles. The molecule has 0 atom stereocenters. The van der Waals surface area contributed by atoms with E-state index in [9.17, 15) is 13.2 Å². The van der Waals surface area contributed by atoms with Gasteiger partial charge in [-0.3, -0.25) is 4.79 Å². The summed E-state index contributed by atoms with van der Waals surface area (Å²) in [4.78, 5) is 11.9. The van der Waals surface area contributed by atoms with E-state index in [1.807, 2.05) is 0 Å². The molecule has 22 heavy (non-hydrogen) atoms. The van der Waals surface area contributed by atoms with E-state index in [1.165, 1.54) is 0 Å². The lowest BCUT2D eigenvalue weighted by Crippen LogP contribution is -2.38. The Morgan fingerprint density at radius 3 is 2.27 bits per heavy atom. The highest BCUT2D eigenvalue weighted by atomic mass is 35.5. The van der Waals surface area contributed by atoms with Crippen molar-refractivity contribution in [2.24, 2.45) is 0 Å². The molecule has 0 spiro atoms. The molecule has 2 rings (SSSR count). The molecule has 122 valence electrons. The van der Waals surface area contributed by atoms with Gasteiger partial charge in [0.05, 0.1) is 5.75 Å². The first-order valence-corrected chi connectivity index (χ1v) is 9.49. The molecule has 5 nitrogen and oxygen atoms in total. The van der Waals surface area contributed by atoms with Gasteiger partial charge in [-0.25, -0.2) is 12.7 Å². The largest absolute Gasteiger partial charge is 0.351 e. The summed E-state index contributed by atoms with van der Waals surface area (Å²) in [6, 6.07) is 6.48. The second kappa shape index (κ2) is 7.94. The lowest BCUT2D eigenvalue weighted by atomic mass is 10.2. The van der Waals surface area contributed by atoms with Crippen LogP contribution in [0.4, 0.5) is 0 Å². The SMILES string of the molecule is O=C(NCCS(=O)(=O)N1CCCCCC1)c1ccc(Cl)cc1. The van der Waals surface area contributed by atoms with Gasteiger partial charge < -0.3 is 5.32 Å². The average Bonchev–Trinajstić information content (AvgIpc) is 2.77. The number of amides is 1. The molecule has 0 radical (unpaired) electrons. The molecule has 0 saturated carbocycles. The van der Waals surface area contributed by atoms with Gasteiger partial charge in [0.25, 0.3) is 5.91 Å². The van der Waals surface area contributed by atoms with Gasteiger partial charge in [-0.2, -0.15) is 0 Å². The molecule has 0 bridgehead atoms. The van der Waals surface area contributed by atoms with Crippen molar-refractivity contribution < 1.29 is 13.2 Å². The van der Waals surface area contributed by atoms with Gasteiger partial charge in [0.15, 0.2) is 0 Å². The van der Waals surface area contributed by atoms with Crippen LogP contribution in [0.5, 0.6) is 0 Å². The van der Waals surface area contributed by atoms with E-state index in [4.69, 9.17) is 11.6 Å². The van der Waals surface area contributed by atoms with Crippen molar-refractivity contribution in [2.75, 3.05) is 25.4 Å². The number of benzene rings is 1. The summed E-state index contributed by atoms with van der Waals surface area (Å²) in [6.45, 7) is 1.29. The van der Waals surface area contributed by atoms with Gasteiger partial charge >= 0.3 is 0 Å². The average molecular weight is 345 g/mol. The second-order valence-corrected chi connectivity index (χ2v) is 7.92. The fraction of sp³-hybridized carbons (Fsp3) is 0.533. The van der Waals surface area contributed by atoms with E-state index in [0.717, 1.165) is 25.7 Å². The molecule has 1 aromatic carbocycles. The van der Waals surface area contributed by atoms with Crippen LogP contribution in [0.2, 0.25) is 5.02 Å². The number of nitrogens with one attached hydrogen (secondary N) is 1. The van der Waals surface area contributed by atoms with E-state index in [-0.39, 0.29) is 18.2 Å². The lowest BCUT2D eigenvalue weighted by Gasteiger charge is -2.19. The molecule has 1 fully saturated rings. The van der Waals surface area contributed by atoms with Crippen LogP contribution in [-0.4, -0.2) is 44.0 Å². The van der Waals surface area contributed by atoms with E-state index >= 15 is 0 Å². The number of hydrogen-bond donors (Lipinski definition) is 1. The zero-order valence-corrected chi connectivity index (χ0v) is 14.0. The molecule has 1 aliphatic rings. The maximum Gasteiger partial charge on any atom is 0.251 e.